The van der Waals surface area contributed by atoms with Gasteiger partial charge in [0.25, 0.3) is 11.8 Å². The molecule has 0 unspecified atom stereocenters. The van der Waals surface area contributed by atoms with Gasteiger partial charge in [-0.3, -0.25) is 9.59 Å². The van der Waals surface area contributed by atoms with Crippen LogP contribution in [0.25, 0.3) is 0 Å². The SMILES string of the molecule is COc1cccc(/C=N\NC(=O)c2[nH]c(C)c(C(=O)N/N=C\c3cccc(OC)c3)c2C)c1. The number of carbonyl (C=O) groups is 2. The average molecular weight is 447 g/mol. The molecule has 1 heterocycles. The predicted octanol–water partition coefficient (Wildman–Crippen LogP) is 3.18. The molecule has 0 spiro atoms. The Kier molecular flexibility index (Phi) is 7.59. The van der Waals surface area contributed by atoms with Gasteiger partial charge in [-0.1, -0.05) is 24.3 Å². The van der Waals surface area contributed by atoms with Crippen molar-refractivity contribution >= 4 is 24.2 Å². The first-order valence-corrected chi connectivity index (χ1v) is 10.1. The topological polar surface area (TPSA) is 117 Å². The molecular formula is C24H25N5O4. The van der Waals surface area contributed by atoms with E-state index in [1.165, 1.54) is 12.4 Å². The van der Waals surface area contributed by atoms with Crippen molar-refractivity contribution in [2.75, 3.05) is 14.2 Å². The lowest BCUT2D eigenvalue weighted by atomic mass is 10.1. The summed E-state index contributed by atoms with van der Waals surface area (Å²) in [5.74, 6) is 0.478. The number of amides is 2. The van der Waals surface area contributed by atoms with Gasteiger partial charge in [-0.25, -0.2) is 10.9 Å². The van der Waals surface area contributed by atoms with Gasteiger partial charge in [-0.2, -0.15) is 10.2 Å². The Morgan fingerprint density at radius 2 is 1.36 bits per heavy atom. The first-order valence-electron chi connectivity index (χ1n) is 10.1. The van der Waals surface area contributed by atoms with E-state index in [4.69, 9.17) is 9.47 Å². The summed E-state index contributed by atoms with van der Waals surface area (Å²) in [6.45, 7) is 3.40. The smallest absolute Gasteiger partial charge is 0.288 e. The Morgan fingerprint density at radius 1 is 0.848 bits per heavy atom. The molecule has 9 heteroatoms. The van der Waals surface area contributed by atoms with Crippen LogP contribution in [0, 0.1) is 13.8 Å². The molecule has 3 rings (SSSR count). The summed E-state index contributed by atoms with van der Waals surface area (Å²) >= 11 is 0. The van der Waals surface area contributed by atoms with Gasteiger partial charge < -0.3 is 14.5 Å². The monoisotopic (exact) mass is 447 g/mol. The molecule has 9 nitrogen and oxygen atoms in total. The van der Waals surface area contributed by atoms with E-state index in [9.17, 15) is 9.59 Å². The number of rotatable bonds is 8. The number of aryl methyl sites for hydroxylation is 1. The highest BCUT2D eigenvalue weighted by atomic mass is 16.5. The van der Waals surface area contributed by atoms with Crippen LogP contribution < -0.4 is 20.3 Å². The summed E-state index contributed by atoms with van der Waals surface area (Å²) in [6.07, 6.45) is 3.02. The van der Waals surface area contributed by atoms with Gasteiger partial charge in [0, 0.05) is 5.69 Å². The van der Waals surface area contributed by atoms with Crippen LogP contribution in [0.3, 0.4) is 0 Å². The molecule has 0 radical (unpaired) electrons. The molecular weight excluding hydrogens is 422 g/mol. The maximum Gasteiger partial charge on any atom is 0.288 e. The van der Waals surface area contributed by atoms with Crippen LogP contribution in [-0.4, -0.2) is 43.4 Å². The van der Waals surface area contributed by atoms with E-state index in [2.05, 4.69) is 26.0 Å². The molecule has 170 valence electrons. The van der Waals surface area contributed by atoms with Gasteiger partial charge >= 0.3 is 0 Å². The third-order valence-corrected chi connectivity index (χ3v) is 4.84. The summed E-state index contributed by atoms with van der Waals surface area (Å²) in [7, 11) is 3.15. The van der Waals surface area contributed by atoms with E-state index in [1.54, 1.807) is 40.2 Å². The number of methoxy groups -OCH3 is 2. The molecule has 33 heavy (non-hydrogen) atoms. The van der Waals surface area contributed by atoms with Crippen LogP contribution in [0.2, 0.25) is 0 Å². The lowest BCUT2D eigenvalue weighted by Crippen LogP contribution is -2.21. The largest absolute Gasteiger partial charge is 0.497 e. The third-order valence-electron chi connectivity index (χ3n) is 4.84. The maximum atomic E-state index is 12.7. The fraction of sp³-hybridized carbons (Fsp3) is 0.167. The molecule has 0 atom stereocenters. The standard InChI is InChI=1S/C24H25N5O4/c1-15-21(23(30)28-25-13-17-7-5-9-19(11-17)32-3)16(2)27-22(15)24(31)29-26-14-18-8-6-10-20(12-18)33-4/h5-14,27H,1-4H3,(H,28,30)(H,29,31)/b25-13-,26-14-. The minimum Gasteiger partial charge on any atom is -0.497 e. The van der Waals surface area contributed by atoms with E-state index in [-0.39, 0.29) is 5.69 Å². The van der Waals surface area contributed by atoms with Gasteiger partial charge in [0.1, 0.15) is 17.2 Å². The van der Waals surface area contributed by atoms with Crippen molar-refractivity contribution in [1.29, 1.82) is 0 Å². The Morgan fingerprint density at radius 3 is 1.88 bits per heavy atom. The molecule has 2 aromatic carbocycles. The Bertz CT molecular complexity index is 1210. The normalized spacial score (nSPS) is 11.0. The van der Waals surface area contributed by atoms with Crippen LogP contribution in [0.1, 0.15) is 43.2 Å². The van der Waals surface area contributed by atoms with Crippen molar-refractivity contribution in [1.82, 2.24) is 15.8 Å². The number of aromatic amines is 1. The number of carbonyl (C=O) groups excluding carboxylic acids is 2. The molecule has 3 N–H and O–H groups in total. The van der Waals surface area contributed by atoms with E-state index in [1.807, 2.05) is 36.4 Å². The number of hydrazone groups is 2. The first-order chi connectivity index (χ1) is 15.9. The third kappa shape index (κ3) is 5.85. The summed E-state index contributed by atoms with van der Waals surface area (Å²) in [5.41, 5.74) is 8.13. The number of ether oxygens (including phenoxy) is 2. The second-order valence-electron chi connectivity index (χ2n) is 7.08. The highest BCUT2D eigenvalue weighted by molar-refractivity contribution is 6.03. The van der Waals surface area contributed by atoms with Crippen LogP contribution >= 0.6 is 0 Å². The lowest BCUT2D eigenvalue weighted by molar-refractivity contribution is 0.0948. The van der Waals surface area contributed by atoms with Gasteiger partial charge in [0.05, 0.1) is 32.2 Å². The number of H-pyrrole nitrogens is 1. The van der Waals surface area contributed by atoms with Gasteiger partial charge in [0.2, 0.25) is 0 Å². The van der Waals surface area contributed by atoms with Crippen molar-refractivity contribution in [2.45, 2.75) is 13.8 Å². The van der Waals surface area contributed by atoms with Crippen LogP contribution in [0.4, 0.5) is 0 Å². The number of aromatic nitrogens is 1. The fourth-order valence-electron chi connectivity index (χ4n) is 3.20. The van der Waals surface area contributed by atoms with Gasteiger partial charge in [-0.05, 0) is 54.8 Å². The Balaban J connectivity index is 1.66. The van der Waals surface area contributed by atoms with Crippen LogP contribution in [0.15, 0.2) is 58.7 Å². The minimum absolute atomic E-state index is 0.247. The summed E-state index contributed by atoms with van der Waals surface area (Å²) in [4.78, 5) is 28.2. The molecule has 0 aliphatic carbocycles. The second-order valence-corrected chi connectivity index (χ2v) is 7.08. The summed E-state index contributed by atoms with van der Waals surface area (Å²) < 4.78 is 10.3. The zero-order valence-electron chi connectivity index (χ0n) is 18.8. The van der Waals surface area contributed by atoms with Gasteiger partial charge in [0.15, 0.2) is 0 Å². The molecule has 0 saturated carbocycles. The maximum absolute atomic E-state index is 12.7. The number of nitrogens with zero attached hydrogens (tertiary/aromatic N) is 2. The molecule has 3 aromatic rings. The fourth-order valence-corrected chi connectivity index (χ4v) is 3.20. The van der Waals surface area contributed by atoms with Crippen LogP contribution in [-0.2, 0) is 0 Å². The molecule has 0 fully saturated rings. The predicted molar refractivity (Wildman–Crippen MR) is 126 cm³/mol. The number of hydrogen-bond acceptors (Lipinski definition) is 6. The number of nitrogens with one attached hydrogen (secondary N) is 3. The lowest BCUT2D eigenvalue weighted by Gasteiger charge is -2.03. The van der Waals surface area contributed by atoms with E-state index in [0.717, 1.165) is 11.1 Å². The van der Waals surface area contributed by atoms with Gasteiger partial charge in [-0.15, -0.1) is 0 Å². The highest BCUT2D eigenvalue weighted by Crippen LogP contribution is 2.18. The van der Waals surface area contributed by atoms with Crippen molar-refractivity contribution < 1.29 is 19.1 Å². The van der Waals surface area contributed by atoms with Crippen molar-refractivity contribution in [3.63, 3.8) is 0 Å². The average Bonchev–Trinajstić information content (AvgIpc) is 3.13. The quantitative estimate of drug-likeness (QED) is 0.363. The second kappa shape index (κ2) is 10.8. The first kappa shape index (κ1) is 23.3. The molecule has 0 bridgehead atoms. The van der Waals surface area contributed by atoms with E-state index >= 15 is 0 Å². The Labute approximate surface area is 191 Å². The molecule has 0 saturated heterocycles. The highest BCUT2D eigenvalue weighted by Gasteiger charge is 2.21. The summed E-state index contributed by atoms with van der Waals surface area (Å²) in [6, 6.07) is 14.5. The summed E-state index contributed by atoms with van der Waals surface area (Å²) in [5, 5.41) is 7.98. The van der Waals surface area contributed by atoms with Crippen LogP contribution in [0.5, 0.6) is 11.5 Å². The molecule has 0 aliphatic rings. The zero-order chi connectivity index (χ0) is 23.8. The Hall–Kier alpha value is -4.40. The molecule has 1 aromatic heterocycles. The molecule has 0 aliphatic heterocycles. The van der Waals surface area contributed by atoms with Crippen molar-refractivity contribution in [3.8, 4) is 11.5 Å². The van der Waals surface area contributed by atoms with E-state index in [0.29, 0.717) is 28.3 Å². The number of benzene rings is 2. The minimum atomic E-state index is -0.464. The van der Waals surface area contributed by atoms with E-state index < -0.39 is 11.8 Å². The molecule has 2 amide bonds. The van der Waals surface area contributed by atoms with Crippen molar-refractivity contribution in [2.24, 2.45) is 10.2 Å². The zero-order valence-corrected chi connectivity index (χ0v) is 18.8. The van der Waals surface area contributed by atoms with Crippen molar-refractivity contribution in [3.05, 3.63) is 82.2 Å². The number of hydrogen-bond donors (Lipinski definition) is 3.